The Morgan fingerprint density at radius 1 is 1.29 bits per heavy atom. The lowest BCUT2D eigenvalue weighted by molar-refractivity contribution is -0.111. The molecule has 2 rings (SSSR count). The SMILES string of the molecule is COC(=O)c1cc(OC2CCC(C)(NC=O)CC2)c(F)cc1OC. The van der Waals surface area contributed by atoms with Crippen molar-refractivity contribution in [1.82, 2.24) is 5.32 Å². The van der Waals surface area contributed by atoms with Crippen molar-refractivity contribution in [2.45, 2.75) is 44.2 Å². The van der Waals surface area contributed by atoms with Gasteiger partial charge in [0, 0.05) is 17.7 Å². The summed E-state index contributed by atoms with van der Waals surface area (Å²) in [6.45, 7) is 1.97. The highest BCUT2D eigenvalue weighted by atomic mass is 19.1. The molecule has 0 bridgehead atoms. The Bertz CT molecular complexity index is 611. The lowest BCUT2D eigenvalue weighted by Crippen LogP contribution is -2.46. The number of carbonyl (C=O) groups excluding carboxylic acids is 2. The van der Waals surface area contributed by atoms with E-state index < -0.39 is 11.8 Å². The van der Waals surface area contributed by atoms with Gasteiger partial charge in [0.05, 0.1) is 20.3 Å². The van der Waals surface area contributed by atoms with E-state index in [0.717, 1.165) is 18.9 Å². The third-order valence-electron chi connectivity index (χ3n) is 4.40. The van der Waals surface area contributed by atoms with Crippen LogP contribution >= 0.6 is 0 Å². The van der Waals surface area contributed by atoms with Crippen LogP contribution in [0.4, 0.5) is 4.39 Å². The number of carbonyl (C=O) groups is 2. The molecule has 1 aliphatic carbocycles. The summed E-state index contributed by atoms with van der Waals surface area (Å²) in [7, 11) is 2.59. The maximum Gasteiger partial charge on any atom is 0.341 e. The van der Waals surface area contributed by atoms with Gasteiger partial charge >= 0.3 is 5.97 Å². The third-order valence-corrected chi connectivity index (χ3v) is 4.40. The molecule has 7 heteroatoms. The molecule has 1 fully saturated rings. The van der Waals surface area contributed by atoms with E-state index in [2.05, 4.69) is 10.1 Å². The van der Waals surface area contributed by atoms with Crippen LogP contribution in [0.15, 0.2) is 12.1 Å². The zero-order valence-electron chi connectivity index (χ0n) is 14.1. The minimum Gasteiger partial charge on any atom is -0.496 e. The van der Waals surface area contributed by atoms with Crippen LogP contribution in [0.3, 0.4) is 0 Å². The van der Waals surface area contributed by atoms with E-state index in [0.29, 0.717) is 19.3 Å². The van der Waals surface area contributed by atoms with Gasteiger partial charge in [-0.05, 0) is 32.6 Å². The third kappa shape index (κ3) is 3.96. The van der Waals surface area contributed by atoms with Crippen LogP contribution in [0.25, 0.3) is 0 Å². The van der Waals surface area contributed by atoms with E-state index >= 15 is 0 Å². The van der Waals surface area contributed by atoms with Crippen molar-refractivity contribution in [2.24, 2.45) is 0 Å². The van der Waals surface area contributed by atoms with Crippen molar-refractivity contribution in [3.8, 4) is 11.5 Å². The Labute approximate surface area is 140 Å². The minimum atomic E-state index is -0.622. The molecule has 24 heavy (non-hydrogen) atoms. The summed E-state index contributed by atoms with van der Waals surface area (Å²) < 4.78 is 29.6. The van der Waals surface area contributed by atoms with Crippen molar-refractivity contribution >= 4 is 12.4 Å². The summed E-state index contributed by atoms with van der Waals surface area (Å²) in [6, 6.07) is 2.42. The Hall–Kier alpha value is -2.31. The average Bonchev–Trinajstić information content (AvgIpc) is 2.57. The zero-order chi connectivity index (χ0) is 17.7. The summed E-state index contributed by atoms with van der Waals surface area (Å²) >= 11 is 0. The number of ether oxygens (including phenoxy) is 3. The second-order valence-electron chi connectivity index (χ2n) is 6.11. The predicted molar refractivity (Wildman–Crippen MR) is 84.8 cm³/mol. The van der Waals surface area contributed by atoms with Gasteiger partial charge in [0.1, 0.15) is 11.3 Å². The van der Waals surface area contributed by atoms with Crippen molar-refractivity contribution < 1.29 is 28.2 Å². The normalized spacial score (nSPS) is 23.2. The number of benzene rings is 1. The number of hydrogen-bond donors (Lipinski definition) is 1. The second kappa shape index (κ2) is 7.51. The standard InChI is InChI=1S/C17H22FNO5/c1-17(19-10-20)6-4-11(5-7-17)24-15-8-12(16(21)23-3)14(22-2)9-13(15)18/h8-11H,4-7H2,1-3H3,(H,19,20). The van der Waals surface area contributed by atoms with Gasteiger partial charge in [0.2, 0.25) is 6.41 Å². The first-order chi connectivity index (χ1) is 11.4. The molecular weight excluding hydrogens is 317 g/mol. The summed E-state index contributed by atoms with van der Waals surface area (Å²) in [6.07, 6.45) is 3.34. The highest BCUT2D eigenvalue weighted by Crippen LogP contribution is 2.33. The highest BCUT2D eigenvalue weighted by molar-refractivity contribution is 5.93. The molecule has 1 amide bonds. The maximum atomic E-state index is 14.2. The first kappa shape index (κ1) is 18.0. The number of amides is 1. The fraction of sp³-hybridized carbons (Fsp3) is 0.529. The smallest absolute Gasteiger partial charge is 0.341 e. The van der Waals surface area contributed by atoms with Crippen LogP contribution in [-0.2, 0) is 9.53 Å². The van der Waals surface area contributed by atoms with Gasteiger partial charge in [0.25, 0.3) is 0 Å². The van der Waals surface area contributed by atoms with Gasteiger partial charge < -0.3 is 19.5 Å². The van der Waals surface area contributed by atoms with Crippen molar-refractivity contribution in [3.05, 3.63) is 23.5 Å². The molecule has 0 radical (unpaired) electrons. The number of nitrogens with one attached hydrogen (secondary N) is 1. The molecule has 6 nitrogen and oxygen atoms in total. The molecule has 0 aliphatic heterocycles. The molecule has 1 aromatic carbocycles. The quantitative estimate of drug-likeness (QED) is 0.636. The van der Waals surface area contributed by atoms with E-state index in [1.54, 1.807) is 0 Å². The Kier molecular flexibility index (Phi) is 5.64. The first-order valence-electron chi connectivity index (χ1n) is 7.76. The molecule has 0 aromatic heterocycles. The van der Waals surface area contributed by atoms with Gasteiger partial charge in [-0.1, -0.05) is 0 Å². The largest absolute Gasteiger partial charge is 0.496 e. The van der Waals surface area contributed by atoms with E-state index in [1.165, 1.54) is 20.3 Å². The summed E-state index contributed by atoms with van der Waals surface area (Å²) in [5.41, 5.74) is -0.142. The fourth-order valence-electron chi connectivity index (χ4n) is 2.88. The predicted octanol–water partition coefficient (Wildman–Crippen LogP) is 2.45. The van der Waals surface area contributed by atoms with Crippen molar-refractivity contribution in [1.29, 1.82) is 0 Å². The minimum absolute atomic E-state index is 0.00634. The van der Waals surface area contributed by atoms with E-state index in [4.69, 9.17) is 9.47 Å². The summed E-state index contributed by atoms with van der Waals surface area (Å²) in [5, 5.41) is 2.82. The second-order valence-corrected chi connectivity index (χ2v) is 6.11. The van der Waals surface area contributed by atoms with Gasteiger partial charge in [0.15, 0.2) is 11.6 Å². The van der Waals surface area contributed by atoms with E-state index in [-0.39, 0.29) is 28.7 Å². The molecule has 1 aliphatic rings. The molecule has 1 aromatic rings. The monoisotopic (exact) mass is 339 g/mol. The number of hydrogen-bond acceptors (Lipinski definition) is 5. The highest BCUT2D eigenvalue weighted by Gasteiger charge is 2.32. The lowest BCUT2D eigenvalue weighted by Gasteiger charge is -2.36. The fourth-order valence-corrected chi connectivity index (χ4v) is 2.88. The maximum absolute atomic E-state index is 14.2. The average molecular weight is 339 g/mol. The number of esters is 1. The molecule has 132 valence electrons. The van der Waals surface area contributed by atoms with Crippen molar-refractivity contribution in [3.63, 3.8) is 0 Å². The van der Waals surface area contributed by atoms with Crippen LogP contribution in [0.2, 0.25) is 0 Å². The van der Waals surface area contributed by atoms with E-state index in [9.17, 15) is 14.0 Å². The Morgan fingerprint density at radius 2 is 1.96 bits per heavy atom. The Morgan fingerprint density at radius 3 is 2.50 bits per heavy atom. The topological polar surface area (TPSA) is 73.9 Å². The van der Waals surface area contributed by atoms with Crippen LogP contribution in [0.1, 0.15) is 43.0 Å². The van der Waals surface area contributed by atoms with Crippen LogP contribution < -0.4 is 14.8 Å². The molecule has 0 heterocycles. The molecule has 0 saturated heterocycles. The molecule has 0 atom stereocenters. The van der Waals surface area contributed by atoms with Gasteiger partial charge in [-0.2, -0.15) is 0 Å². The number of halogens is 1. The molecule has 0 spiro atoms. The summed E-state index contributed by atoms with van der Waals surface area (Å²) in [4.78, 5) is 22.4. The molecular formula is C17H22FNO5. The summed E-state index contributed by atoms with van der Waals surface area (Å²) in [5.74, 6) is -1.13. The van der Waals surface area contributed by atoms with Crippen molar-refractivity contribution in [2.75, 3.05) is 14.2 Å². The van der Waals surface area contributed by atoms with Gasteiger partial charge in [-0.3, -0.25) is 4.79 Å². The molecule has 1 N–H and O–H groups in total. The first-order valence-corrected chi connectivity index (χ1v) is 7.76. The zero-order valence-corrected chi connectivity index (χ0v) is 14.1. The van der Waals surface area contributed by atoms with Crippen LogP contribution in [0, 0.1) is 5.82 Å². The molecule has 1 saturated carbocycles. The molecule has 0 unspecified atom stereocenters. The Balaban J connectivity index is 2.13. The van der Waals surface area contributed by atoms with Crippen LogP contribution in [0.5, 0.6) is 11.5 Å². The van der Waals surface area contributed by atoms with Crippen LogP contribution in [-0.4, -0.2) is 38.2 Å². The van der Waals surface area contributed by atoms with Gasteiger partial charge in [-0.15, -0.1) is 0 Å². The number of rotatable bonds is 6. The van der Waals surface area contributed by atoms with E-state index in [1.807, 2.05) is 6.92 Å². The van der Waals surface area contributed by atoms with Gasteiger partial charge in [-0.25, -0.2) is 9.18 Å². The lowest BCUT2D eigenvalue weighted by atomic mass is 9.82. The number of methoxy groups -OCH3 is 2.